The topological polar surface area (TPSA) is 117 Å². The molecule has 4 fully saturated rings. The van der Waals surface area contributed by atoms with E-state index >= 15 is 0 Å². The molecular weight excluding hydrogens is 656 g/mol. The molecule has 0 bridgehead atoms. The molecule has 252 valence electrons. The van der Waals surface area contributed by atoms with Gasteiger partial charge < -0.3 is 9.47 Å². The van der Waals surface area contributed by atoms with Crippen molar-refractivity contribution in [2.75, 3.05) is 52.5 Å². The SMILES string of the molecule is O=C1NC(=O)C(=Cc2ccc(OCCN3CCCCC3)cc2)S1.O=C1NC(=O)C(=Cc2ccc(OCCN3CCCCC3)cc2)S1.P. The highest BCUT2D eigenvalue weighted by atomic mass is 32.2. The molecule has 4 aliphatic heterocycles. The van der Waals surface area contributed by atoms with Crippen molar-refractivity contribution in [3.8, 4) is 11.5 Å². The summed E-state index contributed by atoms with van der Waals surface area (Å²) in [6.45, 7) is 8.00. The number of benzene rings is 2. The summed E-state index contributed by atoms with van der Waals surface area (Å²) in [5, 5.41) is 3.85. The summed E-state index contributed by atoms with van der Waals surface area (Å²) in [6, 6.07) is 15.1. The lowest BCUT2D eigenvalue weighted by atomic mass is 10.1. The van der Waals surface area contributed by atoms with Crippen molar-refractivity contribution in [2.45, 2.75) is 38.5 Å². The minimum atomic E-state index is -0.332. The second-order valence-corrected chi connectivity index (χ2v) is 13.4. The first-order valence-corrected chi connectivity index (χ1v) is 17.4. The predicted molar refractivity (Wildman–Crippen MR) is 194 cm³/mol. The van der Waals surface area contributed by atoms with E-state index in [2.05, 4.69) is 20.4 Å². The molecule has 0 radical (unpaired) electrons. The second-order valence-electron chi connectivity index (χ2n) is 11.3. The highest BCUT2D eigenvalue weighted by Crippen LogP contribution is 2.27. The molecular formula is C34H43N4O6PS2. The monoisotopic (exact) mass is 698 g/mol. The standard InChI is InChI=1S/2C17H20N2O3S.H3P/c2*20-16-15(23-17(21)18-16)12-13-4-6-14(7-5-13)22-11-10-19-8-2-1-3-9-19;/h2*4-7,12H,1-3,8-11H2,(H,18,20,21);1H3. The van der Waals surface area contributed by atoms with Gasteiger partial charge in [0.2, 0.25) is 0 Å². The van der Waals surface area contributed by atoms with Crippen LogP contribution in [0.15, 0.2) is 58.3 Å². The zero-order chi connectivity index (χ0) is 32.1. The molecule has 2 aromatic rings. The van der Waals surface area contributed by atoms with E-state index in [9.17, 15) is 19.2 Å². The number of carbonyl (C=O) groups excluding carboxylic acids is 4. The molecule has 1 unspecified atom stereocenters. The minimum absolute atomic E-state index is 0. The molecule has 0 spiro atoms. The molecule has 10 nitrogen and oxygen atoms in total. The van der Waals surface area contributed by atoms with E-state index in [1.165, 1.54) is 64.7 Å². The Bertz CT molecular complexity index is 1330. The summed E-state index contributed by atoms with van der Waals surface area (Å²) < 4.78 is 11.5. The third-order valence-corrected chi connectivity index (χ3v) is 9.51. The van der Waals surface area contributed by atoms with Gasteiger partial charge in [-0.1, -0.05) is 37.1 Å². The predicted octanol–water partition coefficient (Wildman–Crippen LogP) is 5.81. The van der Waals surface area contributed by atoms with Gasteiger partial charge in [-0.25, -0.2) is 0 Å². The van der Waals surface area contributed by atoms with E-state index in [0.717, 1.165) is 59.2 Å². The van der Waals surface area contributed by atoms with Crippen molar-refractivity contribution in [2.24, 2.45) is 0 Å². The lowest BCUT2D eigenvalue weighted by Crippen LogP contribution is -2.33. The van der Waals surface area contributed by atoms with Crippen LogP contribution in [-0.2, 0) is 9.59 Å². The number of nitrogens with zero attached hydrogens (tertiary/aromatic N) is 2. The Morgan fingerprint density at radius 3 is 1.26 bits per heavy atom. The quantitative estimate of drug-likeness (QED) is 0.233. The van der Waals surface area contributed by atoms with Crippen LogP contribution in [0, 0.1) is 0 Å². The number of rotatable bonds is 10. The van der Waals surface area contributed by atoms with Crippen LogP contribution in [0.1, 0.15) is 49.7 Å². The van der Waals surface area contributed by atoms with Crippen molar-refractivity contribution in [1.82, 2.24) is 20.4 Å². The van der Waals surface area contributed by atoms with E-state index in [1.54, 1.807) is 12.2 Å². The van der Waals surface area contributed by atoms with Crippen LogP contribution in [-0.4, -0.2) is 84.6 Å². The van der Waals surface area contributed by atoms with E-state index in [0.29, 0.717) is 23.0 Å². The second kappa shape index (κ2) is 19.0. The van der Waals surface area contributed by atoms with Crippen molar-refractivity contribution in [1.29, 1.82) is 0 Å². The largest absolute Gasteiger partial charge is 0.492 e. The Balaban J connectivity index is 0.000000208. The molecule has 0 aromatic heterocycles. The summed E-state index contributed by atoms with van der Waals surface area (Å²) in [5.41, 5.74) is 1.75. The maximum Gasteiger partial charge on any atom is 0.290 e. The lowest BCUT2D eigenvalue weighted by molar-refractivity contribution is -0.116. The molecule has 0 aliphatic carbocycles. The highest BCUT2D eigenvalue weighted by Gasteiger charge is 2.25. The molecule has 4 aliphatic rings. The van der Waals surface area contributed by atoms with Gasteiger partial charge in [0.15, 0.2) is 0 Å². The first-order chi connectivity index (χ1) is 22.4. The normalized spacial score (nSPS) is 20.3. The van der Waals surface area contributed by atoms with Crippen LogP contribution in [0.2, 0.25) is 0 Å². The summed E-state index contributed by atoms with van der Waals surface area (Å²) in [7, 11) is 0. The van der Waals surface area contributed by atoms with Crippen LogP contribution < -0.4 is 20.1 Å². The number of piperidine rings is 2. The molecule has 0 saturated carbocycles. The van der Waals surface area contributed by atoms with Crippen LogP contribution in [0.3, 0.4) is 0 Å². The van der Waals surface area contributed by atoms with Crippen molar-refractivity contribution in [3.63, 3.8) is 0 Å². The first-order valence-electron chi connectivity index (χ1n) is 15.8. The van der Waals surface area contributed by atoms with Gasteiger partial charge in [0.25, 0.3) is 22.3 Å². The third-order valence-electron chi connectivity index (χ3n) is 7.89. The number of amides is 4. The summed E-state index contributed by atoms with van der Waals surface area (Å²) in [4.78, 5) is 51.0. The third kappa shape index (κ3) is 12.1. The molecule has 2 aromatic carbocycles. The van der Waals surface area contributed by atoms with Crippen LogP contribution in [0.5, 0.6) is 11.5 Å². The van der Waals surface area contributed by atoms with Crippen molar-refractivity contribution in [3.05, 3.63) is 69.5 Å². The van der Waals surface area contributed by atoms with Crippen LogP contribution >= 0.6 is 33.4 Å². The Morgan fingerprint density at radius 2 is 0.936 bits per heavy atom. The molecule has 4 heterocycles. The smallest absolute Gasteiger partial charge is 0.290 e. The minimum Gasteiger partial charge on any atom is -0.492 e. The Labute approximate surface area is 288 Å². The number of thioether (sulfide) groups is 2. The zero-order valence-electron chi connectivity index (χ0n) is 26.5. The number of hydrogen-bond donors (Lipinski definition) is 2. The van der Waals surface area contributed by atoms with Crippen LogP contribution in [0.25, 0.3) is 12.2 Å². The van der Waals surface area contributed by atoms with Crippen LogP contribution in [0.4, 0.5) is 9.59 Å². The van der Waals surface area contributed by atoms with Gasteiger partial charge in [0.1, 0.15) is 24.7 Å². The average Bonchev–Trinajstić information content (AvgIpc) is 3.56. The van der Waals surface area contributed by atoms with Crippen molar-refractivity contribution < 1.29 is 28.7 Å². The number of likely N-dealkylation sites (tertiary alicyclic amines) is 2. The maximum atomic E-state index is 11.5. The fraction of sp³-hybridized carbons (Fsp3) is 0.412. The maximum absolute atomic E-state index is 11.5. The molecule has 2 N–H and O–H groups in total. The van der Waals surface area contributed by atoms with Gasteiger partial charge >= 0.3 is 0 Å². The summed E-state index contributed by atoms with van der Waals surface area (Å²) in [6.07, 6.45) is 11.3. The Morgan fingerprint density at radius 1 is 0.574 bits per heavy atom. The molecule has 1 atom stereocenters. The fourth-order valence-corrected chi connectivity index (χ4v) is 6.78. The van der Waals surface area contributed by atoms with E-state index < -0.39 is 0 Å². The zero-order valence-corrected chi connectivity index (χ0v) is 29.6. The molecule has 4 saturated heterocycles. The van der Waals surface area contributed by atoms with E-state index in [4.69, 9.17) is 9.47 Å². The summed E-state index contributed by atoms with van der Waals surface area (Å²) in [5.74, 6) is 0.983. The first kappa shape index (κ1) is 36.7. The fourth-order valence-electron chi connectivity index (χ4n) is 5.42. The number of carbonyl (C=O) groups is 4. The lowest BCUT2D eigenvalue weighted by Gasteiger charge is -2.26. The Kier molecular flexibility index (Phi) is 14.8. The highest BCUT2D eigenvalue weighted by molar-refractivity contribution is 8.18. The Hall–Kier alpha value is -3.15. The number of ether oxygens (including phenoxy) is 2. The number of imide groups is 2. The number of hydrogen-bond acceptors (Lipinski definition) is 10. The molecule has 6 rings (SSSR count). The van der Waals surface area contributed by atoms with Crippen molar-refractivity contribution >= 4 is 67.9 Å². The average molecular weight is 699 g/mol. The van der Waals surface area contributed by atoms with Gasteiger partial charge in [-0.05, 0) is 123 Å². The van der Waals surface area contributed by atoms with E-state index in [1.807, 2.05) is 48.5 Å². The molecule has 47 heavy (non-hydrogen) atoms. The van der Waals surface area contributed by atoms with Gasteiger partial charge in [0.05, 0.1) is 9.81 Å². The van der Waals surface area contributed by atoms with Gasteiger partial charge in [-0.3, -0.25) is 39.6 Å². The number of nitrogens with one attached hydrogen (secondary N) is 2. The summed E-state index contributed by atoms with van der Waals surface area (Å²) >= 11 is 1.85. The molecule has 13 heteroatoms. The van der Waals surface area contributed by atoms with Gasteiger partial charge in [-0.15, -0.1) is 0 Å². The van der Waals surface area contributed by atoms with E-state index in [-0.39, 0.29) is 32.2 Å². The van der Waals surface area contributed by atoms with Gasteiger partial charge in [-0.2, -0.15) is 9.90 Å². The molecule has 4 amide bonds. The van der Waals surface area contributed by atoms with Gasteiger partial charge in [0, 0.05) is 13.1 Å².